The maximum Gasteiger partial charge on any atom is 0.329 e. The van der Waals surface area contributed by atoms with Crippen molar-refractivity contribution in [2.24, 2.45) is 0 Å². The van der Waals surface area contributed by atoms with Crippen LogP contribution in [0.15, 0.2) is 24.3 Å². The van der Waals surface area contributed by atoms with E-state index in [4.69, 9.17) is 0 Å². The van der Waals surface area contributed by atoms with E-state index in [9.17, 15) is 19.1 Å². The van der Waals surface area contributed by atoms with Gasteiger partial charge in [-0.05, 0) is 30.5 Å². The third-order valence-corrected chi connectivity index (χ3v) is 3.75. The highest BCUT2D eigenvalue weighted by atomic mass is 19.1. The normalized spacial score (nSPS) is 17.4. The molecule has 1 amide bonds. The van der Waals surface area contributed by atoms with Crippen LogP contribution in [0.4, 0.5) is 4.39 Å². The topological polar surface area (TPSA) is 66.4 Å². The summed E-state index contributed by atoms with van der Waals surface area (Å²) in [5.74, 6) is -1.76. The van der Waals surface area contributed by atoms with Gasteiger partial charge in [-0.25, -0.2) is 9.18 Å². The van der Waals surface area contributed by atoms with Crippen LogP contribution in [0.3, 0.4) is 0 Å². The van der Waals surface area contributed by atoms with Crippen molar-refractivity contribution >= 4 is 11.9 Å². The minimum absolute atomic E-state index is 0.00715. The number of nitrogens with one attached hydrogen (secondary N) is 1. The van der Waals surface area contributed by atoms with Gasteiger partial charge >= 0.3 is 5.97 Å². The maximum absolute atomic E-state index is 13.1. The number of hydrogen-bond acceptors (Lipinski definition) is 2. The van der Waals surface area contributed by atoms with E-state index >= 15 is 0 Å². The lowest BCUT2D eigenvalue weighted by Crippen LogP contribution is -2.55. The molecule has 0 unspecified atom stereocenters. The van der Waals surface area contributed by atoms with Crippen LogP contribution < -0.4 is 5.32 Å². The van der Waals surface area contributed by atoms with Crippen molar-refractivity contribution in [2.75, 3.05) is 0 Å². The zero-order chi connectivity index (χ0) is 14.6. The van der Waals surface area contributed by atoms with Crippen LogP contribution in [-0.2, 0) is 16.0 Å². The summed E-state index contributed by atoms with van der Waals surface area (Å²) in [6.45, 7) is 0. The van der Waals surface area contributed by atoms with Crippen LogP contribution >= 0.6 is 0 Å². The minimum atomic E-state index is -1.15. The van der Waals surface area contributed by atoms with Gasteiger partial charge in [0.25, 0.3) is 0 Å². The van der Waals surface area contributed by atoms with Crippen molar-refractivity contribution < 1.29 is 19.1 Å². The van der Waals surface area contributed by atoms with E-state index in [-0.39, 0.29) is 12.3 Å². The zero-order valence-electron chi connectivity index (χ0n) is 11.2. The summed E-state index contributed by atoms with van der Waals surface area (Å²) in [6.07, 6.45) is 3.50. The number of carbonyl (C=O) groups excluding carboxylic acids is 1. The maximum atomic E-state index is 13.1. The molecule has 2 N–H and O–H groups in total. The second-order valence-electron chi connectivity index (χ2n) is 5.30. The molecule has 2 rings (SSSR count). The van der Waals surface area contributed by atoms with Crippen molar-refractivity contribution in [3.8, 4) is 0 Å². The first-order chi connectivity index (χ1) is 9.52. The highest BCUT2D eigenvalue weighted by Gasteiger charge is 2.40. The predicted octanol–water partition coefficient (Wildman–Crippen LogP) is 2.27. The van der Waals surface area contributed by atoms with Crippen molar-refractivity contribution in [1.82, 2.24) is 5.32 Å². The van der Waals surface area contributed by atoms with Crippen molar-refractivity contribution in [1.29, 1.82) is 0 Å². The van der Waals surface area contributed by atoms with E-state index in [1.165, 1.54) is 18.2 Å². The third kappa shape index (κ3) is 3.35. The molecule has 4 nitrogen and oxygen atoms in total. The fourth-order valence-corrected chi connectivity index (χ4v) is 2.69. The Morgan fingerprint density at radius 3 is 2.55 bits per heavy atom. The summed E-state index contributed by atoms with van der Waals surface area (Å²) in [4.78, 5) is 23.4. The molecule has 1 aliphatic carbocycles. The summed E-state index contributed by atoms with van der Waals surface area (Å²) in [6, 6.07) is 5.78. The van der Waals surface area contributed by atoms with E-state index in [0.29, 0.717) is 18.4 Å². The molecular weight excluding hydrogens is 261 g/mol. The molecule has 0 aromatic heterocycles. The molecule has 1 aromatic rings. The number of carboxylic acids is 1. The minimum Gasteiger partial charge on any atom is -0.480 e. The first kappa shape index (κ1) is 14.5. The first-order valence-electron chi connectivity index (χ1n) is 6.81. The molecule has 108 valence electrons. The fourth-order valence-electron chi connectivity index (χ4n) is 2.69. The van der Waals surface area contributed by atoms with Gasteiger partial charge in [0.1, 0.15) is 11.4 Å². The first-order valence-corrected chi connectivity index (χ1v) is 6.81. The molecular formula is C15H18FNO3. The van der Waals surface area contributed by atoms with Gasteiger partial charge in [-0.1, -0.05) is 31.4 Å². The van der Waals surface area contributed by atoms with Gasteiger partial charge in [0.2, 0.25) is 5.91 Å². The Hall–Kier alpha value is -1.91. The number of hydrogen-bond donors (Lipinski definition) is 2. The van der Waals surface area contributed by atoms with Crippen molar-refractivity contribution in [3.63, 3.8) is 0 Å². The average Bonchev–Trinajstić information content (AvgIpc) is 2.39. The summed E-state index contributed by atoms with van der Waals surface area (Å²) < 4.78 is 13.1. The largest absolute Gasteiger partial charge is 0.480 e. The third-order valence-electron chi connectivity index (χ3n) is 3.75. The number of benzene rings is 1. The zero-order valence-corrected chi connectivity index (χ0v) is 11.2. The molecule has 1 aliphatic rings. The van der Waals surface area contributed by atoms with Crippen molar-refractivity contribution in [3.05, 3.63) is 35.6 Å². The monoisotopic (exact) mass is 279 g/mol. The highest BCUT2D eigenvalue weighted by Crippen LogP contribution is 2.28. The molecule has 1 saturated carbocycles. The Labute approximate surface area is 117 Å². The summed E-state index contributed by atoms with van der Waals surface area (Å²) in [5, 5.41) is 12.0. The highest BCUT2D eigenvalue weighted by molar-refractivity contribution is 5.88. The van der Waals surface area contributed by atoms with Gasteiger partial charge in [-0.2, -0.15) is 0 Å². The molecule has 0 radical (unpaired) electrons. The summed E-state index contributed by atoms with van der Waals surface area (Å²) in [5.41, 5.74) is -0.610. The molecule has 1 aromatic carbocycles. The molecule has 20 heavy (non-hydrogen) atoms. The SMILES string of the molecule is O=C(Cc1cccc(F)c1)NC1(C(=O)O)CCCCC1. The molecule has 0 atom stereocenters. The second-order valence-corrected chi connectivity index (χ2v) is 5.30. The number of halogens is 1. The van der Waals surface area contributed by atoms with Crippen LogP contribution in [-0.4, -0.2) is 22.5 Å². The number of aliphatic carboxylic acids is 1. The van der Waals surface area contributed by atoms with E-state index in [2.05, 4.69) is 5.32 Å². The average molecular weight is 279 g/mol. The van der Waals surface area contributed by atoms with Crippen LogP contribution in [0, 0.1) is 5.82 Å². The molecule has 0 bridgehead atoms. The number of carbonyl (C=O) groups is 2. The second kappa shape index (κ2) is 6.03. The Morgan fingerprint density at radius 1 is 1.25 bits per heavy atom. The van der Waals surface area contributed by atoms with Crippen LogP contribution in [0.5, 0.6) is 0 Å². The standard InChI is InChI=1S/C15H18FNO3/c16-12-6-4-5-11(9-12)10-13(18)17-15(14(19)20)7-2-1-3-8-15/h4-6,9H,1-3,7-8,10H2,(H,17,18)(H,19,20). The molecule has 0 saturated heterocycles. The molecule has 0 spiro atoms. The van der Waals surface area contributed by atoms with Gasteiger partial charge < -0.3 is 10.4 Å². The predicted molar refractivity (Wildman–Crippen MR) is 71.7 cm³/mol. The van der Waals surface area contributed by atoms with E-state index in [0.717, 1.165) is 19.3 Å². The number of amides is 1. The lowest BCUT2D eigenvalue weighted by atomic mass is 9.81. The Morgan fingerprint density at radius 2 is 1.95 bits per heavy atom. The van der Waals surface area contributed by atoms with E-state index in [1.807, 2.05) is 0 Å². The molecule has 5 heteroatoms. The van der Waals surface area contributed by atoms with E-state index < -0.39 is 17.3 Å². The summed E-state index contributed by atoms with van der Waals surface area (Å²) >= 11 is 0. The van der Waals surface area contributed by atoms with Crippen LogP contribution in [0.25, 0.3) is 0 Å². The van der Waals surface area contributed by atoms with Gasteiger partial charge in [-0.3, -0.25) is 4.79 Å². The lowest BCUT2D eigenvalue weighted by molar-refractivity contribution is -0.149. The lowest BCUT2D eigenvalue weighted by Gasteiger charge is -2.34. The van der Waals surface area contributed by atoms with Crippen LogP contribution in [0.2, 0.25) is 0 Å². The van der Waals surface area contributed by atoms with Gasteiger partial charge in [0.15, 0.2) is 0 Å². The van der Waals surface area contributed by atoms with Gasteiger partial charge in [-0.15, -0.1) is 0 Å². The van der Waals surface area contributed by atoms with Gasteiger partial charge in [0.05, 0.1) is 6.42 Å². The Balaban J connectivity index is 2.03. The van der Waals surface area contributed by atoms with Gasteiger partial charge in [0, 0.05) is 0 Å². The van der Waals surface area contributed by atoms with Crippen molar-refractivity contribution in [2.45, 2.75) is 44.1 Å². The smallest absolute Gasteiger partial charge is 0.329 e. The molecule has 1 fully saturated rings. The fraction of sp³-hybridized carbons (Fsp3) is 0.467. The number of carboxylic acid groups (broad SMARTS) is 1. The molecule has 0 heterocycles. The summed E-state index contributed by atoms with van der Waals surface area (Å²) in [7, 11) is 0. The Bertz CT molecular complexity index is 510. The van der Waals surface area contributed by atoms with Crippen LogP contribution in [0.1, 0.15) is 37.7 Å². The molecule has 0 aliphatic heterocycles. The number of rotatable bonds is 4. The van der Waals surface area contributed by atoms with E-state index in [1.54, 1.807) is 6.07 Å². The quantitative estimate of drug-likeness (QED) is 0.888. The Kier molecular flexibility index (Phi) is 4.37.